The molecule has 23 heavy (non-hydrogen) atoms. The summed E-state index contributed by atoms with van der Waals surface area (Å²) in [5.41, 5.74) is 2.68. The van der Waals surface area contributed by atoms with Gasteiger partial charge in [-0.1, -0.05) is 12.1 Å². The SMILES string of the molecule is COc1cccc([C@@]23CCN(C)C=C2CC[C@H](OC(C)=O)C3)c1. The molecule has 1 aromatic rings. The molecule has 4 nitrogen and oxygen atoms in total. The Kier molecular flexibility index (Phi) is 4.33. The molecule has 1 saturated carbocycles. The summed E-state index contributed by atoms with van der Waals surface area (Å²) in [5.74, 6) is 0.695. The molecule has 0 N–H and O–H groups in total. The van der Waals surface area contributed by atoms with Crippen LogP contribution in [0.3, 0.4) is 0 Å². The van der Waals surface area contributed by atoms with Crippen LogP contribution in [0.2, 0.25) is 0 Å². The molecule has 1 aliphatic heterocycles. The Morgan fingerprint density at radius 3 is 2.96 bits per heavy atom. The molecule has 4 heteroatoms. The molecule has 0 aromatic heterocycles. The summed E-state index contributed by atoms with van der Waals surface area (Å²) >= 11 is 0. The van der Waals surface area contributed by atoms with Crippen LogP contribution in [0.4, 0.5) is 0 Å². The zero-order valence-electron chi connectivity index (χ0n) is 14.2. The molecule has 0 amide bonds. The minimum absolute atomic E-state index is 0.000688. The first-order valence-electron chi connectivity index (χ1n) is 8.27. The van der Waals surface area contributed by atoms with E-state index in [1.807, 2.05) is 12.1 Å². The van der Waals surface area contributed by atoms with E-state index in [-0.39, 0.29) is 17.5 Å². The fraction of sp³-hybridized carbons (Fsp3) is 0.526. The van der Waals surface area contributed by atoms with E-state index in [9.17, 15) is 4.79 Å². The highest BCUT2D eigenvalue weighted by Crippen LogP contribution is 2.49. The number of ether oxygens (including phenoxy) is 2. The van der Waals surface area contributed by atoms with Gasteiger partial charge in [-0.05, 0) is 55.2 Å². The van der Waals surface area contributed by atoms with Crippen LogP contribution in [0.5, 0.6) is 5.75 Å². The second-order valence-electron chi connectivity index (χ2n) is 6.67. The fourth-order valence-corrected chi connectivity index (χ4v) is 4.03. The van der Waals surface area contributed by atoms with Gasteiger partial charge in [0.25, 0.3) is 0 Å². The first-order chi connectivity index (χ1) is 11.0. The van der Waals surface area contributed by atoms with Crippen molar-refractivity contribution in [1.82, 2.24) is 4.90 Å². The lowest BCUT2D eigenvalue weighted by molar-refractivity contribution is -0.148. The summed E-state index contributed by atoms with van der Waals surface area (Å²) in [5, 5.41) is 0. The maximum atomic E-state index is 11.4. The van der Waals surface area contributed by atoms with Crippen molar-refractivity contribution in [3.63, 3.8) is 0 Å². The zero-order valence-corrected chi connectivity index (χ0v) is 14.2. The minimum Gasteiger partial charge on any atom is -0.497 e. The van der Waals surface area contributed by atoms with Gasteiger partial charge >= 0.3 is 5.97 Å². The number of esters is 1. The summed E-state index contributed by atoms with van der Waals surface area (Å²) in [6.07, 6.45) is 6.07. The highest BCUT2D eigenvalue weighted by Gasteiger charge is 2.44. The van der Waals surface area contributed by atoms with Gasteiger partial charge < -0.3 is 14.4 Å². The second kappa shape index (κ2) is 6.26. The third kappa shape index (κ3) is 3.07. The third-order valence-corrected chi connectivity index (χ3v) is 5.15. The van der Waals surface area contributed by atoms with Gasteiger partial charge in [-0.3, -0.25) is 4.79 Å². The lowest BCUT2D eigenvalue weighted by Gasteiger charge is -2.47. The Morgan fingerprint density at radius 1 is 1.39 bits per heavy atom. The van der Waals surface area contributed by atoms with Gasteiger partial charge in [0.2, 0.25) is 0 Å². The number of rotatable bonds is 3. The molecule has 0 spiro atoms. The molecule has 1 heterocycles. The monoisotopic (exact) mass is 315 g/mol. The molecule has 2 aliphatic rings. The summed E-state index contributed by atoms with van der Waals surface area (Å²) in [6, 6.07) is 8.34. The predicted molar refractivity (Wildman–Crippen MR) is 89.4 cm³/mol. The molecule has 1 aliphatic carbocycles. The fourth-order valence-electron chi connectivity index (χ4n) is 4.03. The summed E-state index contributed by atoms with van der Waals surface area (Å²) < 4.78 is 11.0. The molecule has 0 saturated heterocycles. The number of hydrogen-bond donors (Lipinski definition) is 0. The number of nitrogens with zero attached hydrogens (tertiary/aromatic N) is 1. The highest BCUT2D eigenvalue weighted by atomic mass is 16.5. The van der Waals surface area contributed by atoms with E-state index in [0.29, 0.717) is 0 Å². The van der Waals surface area contributed by atoms with Crippen LogP contribution in [0.1, 0.15) is 38.2 Å². The molecular weight excluding hydrogens is 290 g/mol. The predicted octanol–water partition coefficient (Wildman–Crippen LogP) is 3.27. The summed E-state index contributed by atoms with van der Waals surface area (Å²) in [6.45, 7) is 2.51. The van der Waals surface area contributed by atoms with E-state index in [1.54, 1.807) is 7.11 Å². The van der Waals surface area contributed by atoms with E-state index in [4.69, 9.17) is 9.47 Å². The Balaban J connectivity index is 2.00. The topological polar surface area (TPSA) is 38.8 Å². The van der Waals surface area contributed by atoms with Crippen molar-refractivity contribution in [3.05, 3.63) is 41.6 Å². The third-order valence-electron chi connectivity index (χ3n) is 5.15. The van der Waals surface area contributed by atoms with Gasteiger partial charge in [0.05, 0.1) is 7.11 Å². The Morgan fingerprint density at radius 2 is 2.22 bits per heavy atom. The normalized spacial score (nSPS) is 27.0. The Labute approximate surface area is 138 Å². The van der Waals surface area contributed by atoms with E-state index in [1.165, 1.54) is 18.1 Å². The highest BCUT2D eigenvalue weighted by molar-refractivity contribution is 5.66. The second-order valence-corrected chi connectivity index (χ2v) is 6.67. The van der Waals surface area contributed by atoms with Crippen molar-refractivity contribution in [2.45, 2.75) is 44.1 Å². The first-order valence-corrected chi connectivity index (χ1v) is 8.27. The van der Waals surface area contributed by atoms with E-state index >= 15 is 0 Å². The maximum absolute atomic E-state index is 11.4. The maximum Gasteiger partial charge on any atom is 0.302 e. The summed E-state index contributed by atoms with van der Waals surface area (Å²) in [7, 11) is 3.82. The van der Waals surface area contributed by atoms with E-state index < -0.39 is 0 Å². The Hall–Kier alpha value is -1.97. The number of carbonyl (C=O) groups excluding carboxylic acids is 1. The average molecular weight is 315 g/mol. The van der Waals surface area contributed by atoms with E-state index in [0.717, 1.165) is 38.0 Å². The molecule has 3 rings (SSSR count). The van der Waals surface area contributed by atoms with Gasteiger partial charge in [-0.2, -0.15) is 0 Å². The van der Waals surface area contributed by atoms with E-state index in [2.05, 4.69) is 30.3 Å². The van der Waals surface area contributed by atoms with Gasteiger partial charge in [0.1, 0.15) is 11.9 Å². The van der Waals surface area contributed by atoms with Crippen molar-refractivity contribution < 1.29 is 14.3 Å². The largest absolute Gasteiger partial charge is 0.497 e. The van der Waals surface area contributed by atoms with Crippen LogP contribution in [-0.2, 0) is 14.9 Å². The standard InChI is InChI=1S/C19H25NO3/c1-14(21)23-18-8-7-16-13-20(2)10-9-19(16,12-18)15-5-4-6-17(11-15)22-3/h4-6,11,13,18H,7-10,12H2,1-3H3/t18-,19-/m0/s1. The number of allylic oxidation sites excluding steroid dienone is 1. The molecule has 0 radical (unpaired) electrons. The lowest BCUT2D eigenvalue weighted by Crippen LogP contribution is -2.44. The molecular formula is C19H25NO3. The zero-order chi connectivity index (χ0) is 16.4. The van der Waals surface area contributed by atoms with Crippen LogP contribution < -0.4 is 4.74 Å². The molecule has 2 atom stereocenters. The van der Waals surface area contributed by atoms with Crippen LogP contribution >= 0.6 is 0 Å². The van der Waals surface area contributed by atoms with Crippen molar-refractivity contribution in [3.8, 4) is 5.75 Å². The molecule has 1 aromatic carbocycles. The van der Waals surface area contributed by atoms with Crippen molar-refractivity contribution in [2.24, 2.45) is 0 Å². The van der Waals surface area contributed by atoms with Crippen LogP contribution in [-0.4, -0.2) is 37.7 Å². The molecule has 124 valence electrons. The lowest BCUT2D eigenvalue weighted by atomic mass is 9.62. The molecule has 1 fully saturated rings. The summed E-state index contributed by atoms with van der Waals surface area (Å²) in [4.78, 5) is 13.7. The van der Waals surface area contributed by atoms with Crippen LogP contribution in [0.15, 0.2) is 36.0 Å². The minimum atomic E-state index is -0.184. The quantitative estimate of drug-likeness (QED) is 0.803. The van der Waals surface area contributed by atoms with Crippen LogP contribution in [0.25, 0.3) is 0 Å². The first kappa shape index (κ1) is 15.9. The van der Waals surface area contributed by atoms with Crippen LogP contribution in [0, 0.1) is 0 Å². The number of hydrogen-bond acceptors (Lipinski definition) is 4. The van der Waals surface area contributed by atoms with Gasteiger partial charge in [-0.25, -0.2) is 0 Å². The molecule has 0 bridgehead atoms. The number of carbonyl (C=O) groups is 1. The Bertz CT molecular complexity index is 625. The molecule has 0 unspecified atom stereocenters. The van der Waals surface area contributed by atoms with Crippen molar-refractivity contribution in [1.29, 1.82) is 0 Å². The van der Waals surface area contributed by atoms with Gasteiger partial charge in [0, 0.05) is 25.9 Å². The van der Waals surface area contributed by atoms with Gasteiger partial charge in [-0.15, -0.1) is 0 Å². The number of methoxy groups -OCH3 is 1. The van der Waals surface area contributed by atoms with Gasteiger partial charge in [0.15, 0.2) is 0 Å². The average Bonchev–Trinajstić information content (AvgIpc) is 2.54. The smallest absolute Gasteiger partial charge is 0.302 e. The number of benzene rings is 1. The van der Waals surface area contributed by atoms with Crippen molar-refractivity contribution in [2.75, 3.05) is 20.7 Å². The number of fused-ring (bicyclic) bond motifs is 1. The van der Waals surface area contributed by atoms with Crippen molar-refractivity contribution >= 4 is 5.97 Å².